The molecule has 3 unspecified atom stereocenters. The summed E-state index contributed by atoms with van der Waals surface area (Å²) >= 11 is 0. The van der Waals surface area contributed by atoms with Crippen LogP contribution in [0.15, 0.2) is 24.3 Å². The minimum atomic E-state index is 0.107. The van der Waals surface area contributed by atoms with Gasteiger partial charge in [-0.15, -0.1) is 0 Å². The third-order valence-electron chi connectivity index (χ3n) is 4.27. The minimum Gasteiger partial charge on any atom is -0.378 e. The Balaban J connectivity index is 2.67. The Kier molecular flexibility index (Phi) is 7.60. The smallest absolute Gasteiger partial charge is 0.129 e. The van der Waals surface area contributed by atoms with E-state index in [1.54, 1.807) is 14.0 Å². The third kappa shape index (κ3) is 5.80. The second-order valence-corrected chi connectivity index (χ2v) is 6.70. The molecule has 0 spiro atoms. The number of carbonyl (C=O) groups is 1. The molecule has 0 bridgehead atoms. The summed E-state index contributed by atoms with van der Waals surface area (Å²) in [7, 11) is 5.87. The Morgan fingerprint density at radius 2 is 1.77 bits per heavy atom. The number of rotatable bonds is 9. The van der Waals surface area contributed by atoms with Gasteiger partial charge in [-0.25, -0.2) is 0 Å². The molecular weight excluding hydrogens is 274 g/mol. The number of carbonyl (C=O) groups excluding carboxylic acids is 1. The molecule has 0 N–H and O–H groups in total. The largest absolute Gasteiger partial charge is 0.378 e. The van der Waals surface area contributed by atoms with Crippen LogP contribution in [0.2, 0.25) is 0 Å². The van der Waals surface area contributed by atoms with E-state index in [9.17, 15) is 4.79 Å². The molecule has 0 aliphatic carbocycles. The van der Waals surface area contributed by atoms with Crippen molar-refractivity contribution in [3.05, 3.63) is 29.8 Å². The molecule has 3 heteroatoms. The number of methoxy groups -OCH3 is 1. The summed E-state index contributed by atoms with van der Waals surface area (Å²) in [6, 6.07) is 8.57. The van der Waals surface area contributed by atoms with Gasteiger partial charge in [0.2, 0.25) is 0 Å². The maximum Gasteiger partial charge on any atom is 0.129 e. The van der Waals surface area contributed by atoms with Gasteiger partial charge in [0.1, 0.15) is 5.78 Å². The van der Waals surface area contributed by atoms with Crippen LogP contribution in [-0.4, -0.2) is 27.0 Å². The summed E-state index contributed by atoms with van der Waals surface area (Å²) in [6.07, 6.45) is 2.83. The van der Waals surface area contributed by atoms with Gasteiger partial charge in [0.05, 0.1) is 6.10 Å². The van der Waals surface area contributed by atoms with Crippen molar-refractivity contribution in [3.63, 3.8) is 0 Å². The van der Waals surface area contributed by atoms with Gasteiger partial charge in [0.15, 0.2) is 0 Å². The van der Waals surface area contributed by atoms with Crippen molar-refractivity contribution in [3.8, 4) is 0 Å². The number of ketones is 1. The fraction of sp³-hybridized carbons (Fsp3) is 0.632. The SMILES string of the molecule is COC(c1ccc(N(C)C)cc1)C(C)CC(C)CCC(C)=O. The summed E-state index contributed by atoms with van der Waals surface area (Å²) in [5.41, 5.74) is 2.42. The van der Waals surface area contributed by atoms with E-state index in [2.05, 4.69) is 43.0 Å². The van der Waals surface area contributed by atoms with E-state index < -0.39 is 0 Å². The Morgan fingerprint density at radius 3 is 2.23 bits per heavy atom. The first kappa shape index (κ1) is 18.7. The van der Waals surface area contributed by atoms with Gasteiger partial charge in [0, 0.05) is 33.3 Å². The normalized spacial score (nSPS) is 15.2. The van der Waals surface area contributed by atoms with Gasteiger partial charge in [-0.3, -0.25) is 0 Å². The second-order valence-electron chi connectivity index (χ2n) is 6.70. The maximum absolute atomic E-state index is 11.1. The Hall–Kier alpha value is -1.35. The average Bonchev–Trinajstić information content (AvgIpc) is 2.46. The standard InChI is InChI=1S/C19H31NO2/c1-14(7-8-16(3)21)13-15(2)19(22-6)17-9-11-18(12-10-17)20(4)5/h9-12,14-15,19H,7-8,13H2,1-6H3. The fourth-order valence-corrected chi connectivity index (χ4v) is 2.98. The van der Waals surface area contributed by atoms with Crippen LogP contribution >= 0.6 is 0 Å². The first-order valence-electron chi connectivity index (χ1n) is 8.14. The van der Waals surface area contributed by atoms with Crippen LogP contribution < -0.4 is 4.90 Å². The lowest BCUT2D eigenvalue weighted by Gasteiger charge is -2.26. The predicted octanol–water partition coefficient (Wildman–Crippen LogP) is 4.47. The van der Waals surface area contributed by atoms with Gasteiger partial charge in [-0.05, 0) is 49.3 Å². The van der Waals surface area contributed by atoms with E-state index in [-0.39, 0.29) is 11.9 Å². The summed E-state index contributed by atoms with van der Waals surface area (Å²) in [6.45, 7) is 6.13. The first-order chi connectivity index (χ1) is 10.3. The summed E-state index contributed by atoms with van der Waals surface area (Å²) < 4.78 is 5.74. The third-order valence-corrected chi connectivity index (χ3v) is 4.27. The molecule has 3 nitrogen and oxygen atoms in total. The Morgan fingerprint density at radius 1 is 1.18 bits per heavy atom. The van der Waals surface area contributed by atoms with Crippen LogP contribution in [0, 0.1) is 11.8 Å². The summed E-state index contributed by atoms with van der Waals surface area (Å²) in [5, 5.41) is 0. The second kappa shape index (κ2) is 8.94. The van der Waals surface area contributed by atoms with Crippen LogP contribution in [0.3, 0.4) is 0 Å². The molecule has 1 aromatic rings. The molecule has 0 amide bonds. The molecule has 1 aromatic carbocycles. The van der Waals surface area contributed by atoms with Crippen molar-refractivity contribution >= 4 is 11.5 Å². The number of hydrogen-bond donors (Lipinski definition) is 0. The number of benzene rings is 1. The van der Waals surface area contributed by atoms with Gasteiger partial charge in [-0.1, -0.05) is 26.0 Å². The van der Waals surface area contributed by atoms with Crippen molar-refractivity contribution in [1.29, 1.82) is 0 Å². The van der Waals surface area contributed by atoms with Crippen molar-refractivity contribution in [2.24, 2.45) is 11.8 Å². The van der Waals surface area contributed by atoms with E-state index in [0.717, 1.165) is 12.8 Å². The van der Waals surface area contributed by atoms with E-state index in [0.29, 0.717) is 18.3 Å². The molecular formula is C19H31NO2. The van der Waals surface area contributed by atoms with Crippen molar-refractivity contribution < 1.29 is 9.53 Å². The number of hydrogen-bond acceptors (Lipinski definition) is 3. The van der Waals surface area contributed by atoms with Crippen LogP contribution in [0.4, 0.5) is 5.69 Å². The van der Waals surface area contributed by atoms with Crippen LogP contribution in [-0.2, 0) is 9.53 Å². The topological polar surface area (TPSA) is 29.5 Å². The monoisotopic (exact) mass is 305 g/mol. The summed E-state index contributed by atoms with van der Waals surface area (Å²) in [5.74, 6) is 1.25. The zero-order valence-electron chi connectivity index (χ0n) is 14.9. The molecule has 0 aliphatic heterocycles. The highest BCUT2D eigenvalue weighted by Gasteiger charge is 2.21. The Labute approximate surface area is 135 Å². The molecule has 0 fully saturated rings. The molecule has 124 valence electrons. The van der Waals surface area contributed by atoms with E-state index in [1.807, 2.05) is 14.1 Å². The fourth-order valence-electron chi connectivity index (χ4n) is 2.98. The van der Waals surface area contributed by atoms with Crippen molar-refractivity contribution in [1.82, 2.24) is 0 Å². The Bertz CT molecular complexity index is 453. The average molecular weight is 305 g/mol. The lowest BCUT2D eigenvalue weighted by atomic mass is 9.87. The molecule has 3 atom stereocenters. The van der Waals surface area contributed by atoms with E-state index in [4.69, 9.17) is 4.74 Å². The van der Waals surface area contributed by atoms with E-state index >= 15 is 0 Å². The maximum atomic E-state index is 11.1. The molecule has 1 rings (SSSR count). The number of anilines is 1. The van der Waals surface area contributed by atoms with Crippen LogP contribution in [0.1, 0.15) is 51.7 Å². The quantitative estimate of drug-likeness (QED) is 0.674. The van der Waals surface area contributed by atoms with Crippen molar-refractivity contribution in [2.45, 2.75) is 46.1 Å². The number of Topliss-reactive ketones (excluding diaryl/α,β-unsaturated/α-hetero) is 1. The highest BCUT2D eigenvalue weighted by molar-refractivity contribution is 5.75. The lowest BCUT2D eigenvalue weighted by molar-refractivity contribution is -0.117. The van der Waals surface area contributed by atoms with Gasteiger partial charge < -0.3 is 14.4 Å². The molecule has 22 heavy (non-hydrogen) atoms. The highest BCUT2D eigenvalue weighted by atomic mass is 16.5. The van der Waals surface area contributed by atoms with Crippen molar-refractivity contribution in [2.75, 3.05) is 26.1 Å². The number of nitrogens with zero attached hydrogens (tertiary/aromatic N) is 1. The van der Waals surface area contributed by atoms with E-state index in [1.165, 1.54) is 11.3 Å². The summed E-state index contributed by atoms with van der Waals surface area (Å²) in [4.78, 5) is 13.2. The zero-order chi connectivity index (χ0) is 16.7. The molecule has 0 saturated carbocycles. The number of ether oxygens (including phenoxy) is 1. The lowest BCUT2D eigenvalue weighted by Crippen LogP contribution is -2.16. The van der Waals surface area contributed by atoms with Gasteiger partial charge in [-0.2, -0.15) is 0 Å². The zero-order valence-corrected chi connectivity index (χ0v) is 14.9. The minimum absolute atomic E-state index is 0.107. The highest BCUT2D eigenvalue weighted by Crippen LogP contribution is 2.32. The van der Waals surface area contributed by atoms with Crippen LogP contribution in [0.25, 0.3) is 0 Å². The molecule has 0 aromatic heterocycles. The predicted molar refractivity (Wildman–Crippen MR) is 93.4 cm³/mol. The molecule has 0 heterocycles. The first-order valence-corrected chi connectivity index (χ1v) is 8.14. The van der Waals surface area contributed by atoms with Gasteiger partial charge in [0.25, 0.3) is 0 Å². The molecule has 0 aliphatic rings. The molecule has 0 saturated heterocycles. The van der Waals surface area contributed by atoms with Crippen LogP contribution in [0.5, 0.6) is 0 Å². The van der Waals surface area contributed by atoms with Gasteiger partial charge >= 0.3 is 0 Å². The molecule has 0 radical (unpaired) electrons.